The molecule has 2 aliphatic rings. The Morgan fingerprint density at radius 1 is 1.22 bits per heavy atom. The lowest BCUT2D eigenvalue weighted by atomic mass is 9.86. The van der Waals surface area contributed by atoms with Gasteiger partial charge in [-0.05, 0) is 29.5 Å². The first kappa shape index (κ1) is 20.6. The van der Waals surface area contributed by atoms with E-state index in [1.54, 1.807) is 0 Å². The van der Waals surface area contributed by atoms with Crippen LogP contribution in [0.4, 0.5) is 0 Å². The highest BCUT2D eigenvalue weighted by atomic mass is 16.5. The average Bonchev–Trinajstić information content (AvgIpc) is 2.60. The maximum Gasteiger partial charge on any atom is 0.122 e. The number of hydrogen-bond donors (Lipinski definition) is 1. The van der Waals surface area contributed by atoms with Crippen LogP contribution in [0.2, 0.25) is 0 Å². The Morgan fingerprint density at radius 3 is 2.63 bits per heavy atom. The Balaban J connectivity index is 1.50. The molecule has 5 heteroatoms. The molecule has 0 aliphatic carbocycles. The molecule has 1 N–H and O–H groups in total. The number of aryl methyl sites for hydroxylation is 1. The second-order valence-corrected chi connectivity index (χ2v) is 9.07. The van der Waals surface area contributed by atoms with Crippen LogP contribution in [0.15, 0.2) is 18.2 Å². The highest BCUT2D eigenvalue weighted by Gasteiger charge is 2.38. The molecule has 2 fully saturated rings. The van der Waals surface area contributed by atoms with Crippen molar-refractivity contribution >= 4 is 0 Å². The zero-order chi connectivity index (χ0) is 19.5. The molecule has 1 unspecified atom stereocenters. The number of aliphatic hydroxyl groups is 1. The molecule has 27 heavy (non-hydrogen) atoms. The quantitative estimate of drug-likeness (QED) is 0.855. The summed E-state index contributed by atoms with van der Waals surface area (Å²) in [5, 5.41) is 10.5. The van der Waals surface area contributed by atoms with Gasteiger partial charge >= 0.3 is 0 Å². The fourth-order valence-corrected chi connectivity index (χ4v) is 3.94. The van der Waals surface area contributed by atoms with Gasteiger partial charge in [0.2, 0.25) is 0 Å². The molecule has 1 aromatic rings. The van der Waals surface area contributed by atoms with Crippen molar-refractivity contribution in [2.75, 3.05) is 46.1 Å². The Morgan fingerprint density at radius 2 is 1.96 bits per heavy atom. The van der Waals surface area contributed by atoms with Crippen LogP contribution in [0.25, 0.3) is 0 Å². The van der Waals surface area contributed by atoms with Crippen molar-refractivity contribution in [3.8, 4) is 5.75 Å². The van der Waals surface area contributed by atoms with Gasteiger partial charge in [0.05, 0.1) is 12.2 Å². The van der Waals surface area contributed by atoms with Crippen LogP contribution >= 0.6 is 0 Å². The fourth-order valence-electron chi connectivity index (χ4n) is 3.94. The van der Waals surface area contributed by atoms with Crippen LogP contribution in [0.3, 0.4) is 0 Å². The second-order valence-electron chi connectivity index (χ2n) is 9.07. The van der Waals surface area contributed by atoms with E-state index in [0.29, 0.717) is 13.2 Å². The predicted molar refractivity (Wildman–Crippen MR) is 107 cm³/mol. The van der Waals surface area contributed by atoms with Gasteiger partial charge in [-0.3, -0.25) is 4.90 Å². The second kappa shape index (κ2) is 8.48. The maximum atomic E-state index is 10.5. The normalized spacial score (nSPS) is 22.0. The summed E-state index contributed by atoms with van der Waals surface area (Å²) < 4.78 is 17.5. The van der Waals surface area contributed by atoms with Crippen molar-refractivity contribution in [1.82, 2.24) is 4.90 Å². The fraction of sp³-hybridized carbons (Fsp3) is 0.727. The molecule has 0 amide bonds. The van der Waals surface area contributed by atoms with Crippen LogP contribution in [0, 0.1) is 6.92 Å². The van der Waals surface area contributed by atoms with E-state index in [0.717, 1.165) is 57.1 Å². The van der Waals surface area contributed by atoms with Crippen molar-refractivity contribution in [1.29, 1.82) is 0 Å². The van der Waals surface area contributed by atoms with Crippen LogP contribution in [0.5, 0.6) is 5.75 Å². The number of benzene rings is 1. The van der Waals surface area contributed by atoms with Crippen LogP contribution in [-0.4, -0.2) is 67.8 Å². The first-order valence-corrected chi connectivity index (χ1v) is 10.1. The lowest BCUT2D eigenvalue weighted by Crippen LogP contribution is -2.55. The molecule has 0 aromatic heterocycles. The molecular weight excluding hydrogens is 342 g/mol. The zero-order valence-electron chi connectivity index (χ0n) is 17.3. The molecule has 2 aliphatic heterocycles. The summed E-state index contributed by atoms with van der Waals surface area (Å²) in [5.74, 6) is 0.852. The van der Waals surface area contributed by atoms with Gasteiger partial charge in [0, 0.05) is 45.7 Å². The minimum atomic E-state index is -0.512. The van der Waals surface area contributed by atoms with Crippen LogP contribution in [0.1, 0.15) is 44.7 Å². The van der Waals surface area contributed by atoms with Gasteiger partial charge in [0.15, 0.2) is 0 Å². The summed E-state index contributed by atoms with van der Waals surface area (Å²) in [6, 6.07) is 6.32. The standard InChI is InChI=1S/C22H35NO4/c1-17-13-18(21(2,3)4)5-6-20(17)26-15-19(24)14-23-9-12-27-22(16-23)7-10-25-11-8-22/h5-6,13,19,24H,7-12,14-16H2,1-4H3. The Hall–Kier alpha value is -1.14. The number of hydrogen-bond acceptors (Lipinski definition) is 5. The zero-order valence-corrected chi connectivity index (χ0v) is 17.3. The molecule has 5 nitrogen and oxygen atoms in total. The topological polar surface area (TPSA) is 51.2 Å². The average molecular weight is 378 g/mol. The van der Waals surface area contributed by atoms with Crippen molar-refractivity contribution in [3.63, 3.8) is 0 Å². The minimum Gasteiger partial charge on any atom is -0.491 e. The lowest BCUT2D eigenvalue weighted by Gasteiger charge is -2.45. The van der Waals surface area contributed by atoms with Gasteiger partial charge < -0.3 is 19.3 Å². The number of aliphatic hydroxyl groups excluding tert-OH is 1. The summed E-state index contributed by atoms with van der Waals surface area (Å²) in [6.07, 6.45) is 1.37. The summed E-state index contributed by atoms with van der Waals surface area (Å²) >= 11 is 0. The van der Waals surface area contributed by atoms with E-state index in [9.17, 15) is 5.11 Å². The third kappa shape index (κ3) is 5.44. The highest BCUT2D eigenvalue weighted by Crippen LogP contribution is 2.30. The molecule has 1 aromatic carbocycles. The largest absolute Gasteiger partial charge is 0.491 e. The van der Waals surface area contributed by atoms with Crippen molar-refractivity contribution in [2.45, 2.75) is 57.7 Å². The Kier molecular flexibility index (Phi) is 6.46. The molecular formula is C22H35NO4. The third-order valence-corrected chi connectivity index (χ3v) is 5.67. The van der Waals surface area contributed by atoms with Crippen molar-refractivity contribution in [2.24, 2.45) is 0 Å². The predicted octanol–water partition coefficient (Wildman–Crippen LogP) is 2.91. The van der Waals surface area contributed by atoms with Gasteiger partial charge in [0.1, 0.15) is 18.5 Å². The Bertz CT molecular complexity index is 614. The summed E-state index contributed by atoms with van der Waals surface area (Å²) in [4.78, 5) is 2.30. The lowest BCUT2D eigenvalue weighted by molar-refractivity contribution is -0.157. The monoisotopic (exact) mass is 377 g/mol. The molecule has 0 radical (unpaired) electrons. The molecule has 0 saturated carbocycles. The summed E-state index contributed by atoms with van der Waals surface area (Å²) in [6.45, 7) is 13.6. The number of nitrogens with zero attached hydrogens (tertiary/aromatic N) is 1. The van der Waals surface area contributed by atoms with E-state index >= 15 is 0 Å². The highest BCUT2D eigenvalue weighted by molar-refractivity contribution is 5.38. The van der Waals surface area contributed by atoms with Gasteiger partial charge in [-0.25, -0.2) is 0 Å². The van der Waals surface area contributed by atoms with Gasteiger partial charge in [-0.15, -0.1) is 0 Å². The van der Waals surface area contributed by atoms with E-state index in [1.807, 2.05) is 6.07 Å². The molecule has 2 saturated heterocycles. The molecule has 0 bridgehead atoms. The summed E-state index contributed by atoms with van der Waals surface area (Å²) in [7, 11) is 0. The molecule has 152 valence electrons. The Labute approximate surface area is 163 Å². The molecule has 2 heterocycles. The number of β-amino-alcohol motifs (C(OH)–C–C–N with tert-alkyl or cyclic N) is 1. The van der Waals surface area contributed by atoms with E-state index in [4.69, 9.17) is 14.2 Å². The molecule has 1 atom stereocenters. The smallest absolute Gasteiger partial charge is 0.122 e. The summed E-state index contributed by atoms with van der Waals surface area (Å²) in [5.41, 5.74) is 2.44. The van der Waals surface area contributed by atoms with Gasteiger partial charge in [-0.1, -0.05) is 32.9 Å². The van der Waals surface area contributed by atoms with Gasteiger partial charge in [-0.2, -0.15) is 0 Å². The minimum absolute atomic E-state index is 0.0869. The first-order valence-electron chi connectivity index (χ1n) is 10.1. The molecule has 1 spiro atoms. The van der Waals surface area contributed by atoms with E-state index in [2.05, 4.69) is 44.7 Å². The van der Waals surface area contributed by atoms with Gasteiger partial charge in [0.25, 0.3) is 0 Å². The maximum absolute atomic E-state index is 10.5. The first-order chi connectivity index (χ1) is 12.8. The van der Waals surface area contributed by atoms with E-state index in [-0.39, 0.29) is 11.0 Å². The van der Waals surface area contributed by atoms with Crippen molar-refractivity contribution < 1.29 is 19.3 Å². The number of rotatable bonds is 5. The van der Waals surface area contributed by atoms with E-state index < -0.39 is 6.10 Å². The third-order valence-electron chi connectivity index (χ3n) is 5.67. The van der Waals surface area contributed by atoms with Crippen molar-refractivity contribution in [3.05, 3.63) is 29.3 Å². The van der Waals surface area contributed by atoms with Crippen LogP contribution in [-0.2, 0) is 14.9 Å². The molecule has 3 rings (SSSR count). The number of ether oxygens (including phenoxy) is 3. The van der Waals surface area contributed by atoms with Crippen LogP contribution < -0.4 is 4.74 Å². The SMILES string of the molecule is Cc1cc(C(C)(C)C)ccc1OCC(O)CN1CCOC2(CCOCC2)C1. The number of morpholine rings is 1. The van der Waals surface area contributed by atoms with E-state index in [1.165, 1.54) is 5.56 Å².